The Labute approximate surface area is 127 Å². The largest absolute Gasteiger partial charge is 0.495 e. The number of methoxy groups -OCH3 is 1. The Morgan fingerprint density at radius 3 is 2.52 bits per heavy atom. The molecule has 1 aromatic carbocycles. The zero-order valence-electron chi connectivity index (χ0n) is 13.1. The fourth-order valence-corrected chi connectivity index (χ4v) is 3.77. The lowest BCUT2D eigenvalue weighted by molar-refractivity contribution is 0.400. The van der Waals surface area contributed by atoms with Crippen LogP contribution in [0.25, 0.3) is 0 Å². The molecule has 1 aliphatic rings. The maximum Gasteiger partial charge on any atom is 0.246 e. The van der Waals surface area contributed by atoms with E-state index in [4.69, 9.17) is 4.74 Å². The summed E-state index contributed by atoms with van der Waals surface area (Å²) in [4.78, 5) is 0.195. The molecule has 1 aromatic rings. The maximum absolute atomic E-state index is 12.2. The van der Waals surface area contributed by atoms with Gasteiger partial charge in [-0.3, -0.25) is 0 Å². The van der Waals surface area contributed by atoms with Crippen molar-refractivity contribution in [2.75, 3.05) is 26.5 Å². The van der Waals surface area contributed by atoms with Crippen LogP contribution in [-0.2, 0) is 10.0 Å². The molecule has 0 aliphatic heterocycles. The second-order valence-corrected chi connectivity index (χ2v) is 8.03. The molecule has 0 aromatic heterocycles. The van der Waals surface area contributed by atoms with Gasteiger partial charge in [-0.25, -0.2) is 12.7 Å². The summed E-state index contributed by atoms with van der Waals surface area (Å²) in [6, 6.07) is 5.64. The van der Waals surface area contributed by atoms with Gasteiger partial charge in [0.1, 0.15) is 10.6 Å². The number of rotatable bonds is 5. The molecule has 0 spiro atoms. The highest BCUT2D eigenvalue weighted by molar-refractivity contribution is 7.89. The zero-order valence-corrected chi connectivity index (χ0v) is 13.9. The molecule has 0 heterocycles. The van der Waals surface area contributed by atoms with Gasteiger partial charge >= 0.3 is 0 Å². The van der Waals surface area contributed by atoms with E-state index in [0.29, 0.717) is 11.8 Å². The van der Waals surface area contributed by atoms with Crippen LogP contribution in [-0.4, -0.2) is 40.0 Å². The first kappa shape index (κ1) is 16.1. The minimum atomic E-state index is -3.49. The van der Waals surface area contributed by atoms with Crippen LogP contribution in [0.5, 0.6) is 5.75 Å². The third-order valence-electron chi connectivity index (χ3n) is 3.99. The van der Waals surface area contributed by atoms with Gasteiger partial charge in [-0.1, -0.05) is 6.92 Å². The zero-order chi connectivity index (χ0) is 15.6. The SMILES string of the molecule is COc1cc(N[C@@H]2CC[C@H](C)C2)ccc1S(=O)(=O)N(C)C. The molecule has 6 heteroatoms. The van der Waals surface area contributed by atoms with E-state index in [2.05, 4.69) is 12.2 Å². The van der Waals surface area contributed by atoms with Crippen molar-refractivity contribution in [1.29, 1.82) is 0 Å². The molecule has 21 heavy (non-hydrogen) atoms. The predicted molar refractivity (Wildman–Crippen MR) is 84.3 cm³/mol. The predicted octanol–water partition coefficient (Wildman–Crippen LogP) is 2.55. The number of hydrogen-bond donors (Lipinski definition) is 1. The molecule has 1 fully saturated rings. The second kappa shape index (κ2) is 6.23. The Kier molecular flexibility index (Phi) is 4.78. The molecule has 5 nitrogen and oxygen atoms in total. The van der Waals surface area contributed by atoms with E-state index >= 15 is 0 Å². The lowest BCUT2D eigenvalue weighted by Gasteiger charge is -2.18. The van der Waals surface area contributed by atoms with Crippen LogP contribution >= 0.6 is 0 Å². The molecule has 1 saturated carbocycles. The minimum Gasteiger partial charge on any atom is -0.495 e. The molecular weight excluding hydrogens is 288 g/mol. The Hall–Kier alpha value is -1.27. The molecule has 0 bridgehead atoms. The fourth-order valence-electron chi connectivity index (χ4n) is 2.74. The van der Waals surface area contributed by atoms with E-state index in [9.17, 15) is 8.42 Å². The van der Waals surface area contributed by atoms with E-state index < -0.39 is 10.0 Å². The summed E-state index contributed by atoms with van der Waals surface area (Å²) < 4.78 is 30.9. The van der Waals surface area contributed by atoms with E-state index in [1.54, 1.807) is 12.1 Å². The number of ether oxygens (including phenoxy) is 1. The van der Waals surface area contributed by atoms with Crippen LogP contribution < -0.4 is 10.1 Å². The summed E-state index contributed by atoms with van der Waals surface area (Å²) in [5.41, 5.74) is 0.906. The number of nitrogens with zero attached hydrogens (tertiary/aromatic N) is 1. The van der Waals surface area contributed by atoms with Crippen LogP contribution in [0.1, 0.15) is 26.2 Å². The summed E-state index contributed by atoms with van der Waals surface area (Å²) in [5.74, 6) is 1.12. The Morgan fingerprint density at radius 2 is 2.00 bits per heavy atom. The first-order valence-electron chi connectivity index (χ1n) is 7.21. The number of benzene rings is 1. The molecule has 118 valence electrons. The van der Waals surface area contributed by atoms with E-state index in [1.165, 1.54) is 31.9 Å². The fraction of sp³-hybridized carbons (Fsp3) is 0.600. The highest BCUT2D eigenvalue weighted by Crippen LogP contribution is 2.32. The number of anilines is 1. The topological polar surface area (TPSA) is 58.6 Å². The Bertz CT molecular complexity index is 599. The van der Waals surface area contributed by atoms with Crippen molar-refractivity contribution in [3.8, 4) is 5.75 Å². The van der Waals surface area contributed by atoms with Crippen molar-refractivity contribution in [3.05, 3.63) is 18.2 Å². The third-order valence-corrected chi connectivity index (χ3v) is 5.84. The van der Waals surface area contributed by atoms with Gasteiger partial charge in [0, 0.05) is 31.9 Å². The van der Waals surface area contributed by atoms with Crippen LogP contribution in [0.2, 0.25) is 0 Å². The standard InChI is InChI=1S/C15H24N2O3S/c1-11-5-6-12(9-11)16-13-7-8-15(14(10-13)20-4)21(18,19)17(2)3/h7-8,10-12,16H,5-6,9H2,1-4H3/t11-,12+/m0/s1. The number of nitrogens with one attached hydrogen (secondary N) is 1. The van der Waals surface area contributed by atoms with Crippen LogP contribution in [0.15, 0.2) is 23.1 Å². The van der Waals surface area contributed by atoms with E-state index in [1.807, 2.05) is 6.07 Å². The lowest BCUT2D eigenvalue weighted by atomic mass is 10.1. The summed E-state index contributed by atoms with van der Waals surface area (Å²) in [7, 11) is 1.03. The summed E-state index contributed by atoms with van der Waals surface area (Å²) in [6.07, 6.45) is 3.54. The summed E-state index contributed by atoms with van der Waals surface area (Å²) in [6.45, 7) is 2.26. The van der Waals surface area contributed by atoms with E-state index in [0.717, 1.165) is 24.4 Å². The van der Waals surface area contributed by atoms with Gasteiger partial charge in [0.25, 0.3) is 0 Å². The van der Waals surface area contributed by atoms with Crippen LogP contribution in [0, 0.1) is 5.92 Å². The van der Waals surface area contributed by atoms with Gasteiger partial charge in [0.15, 0.2) is 0 Å². The molecule has 0 saturated heterocycles. The lowest BCUT2D eigenvalue weighted by Crippen LogP contribution is -2.23. The molecular formula is C15H24N2O3S. The van der Waals surface area contributed by atoms with Gasteiger partial charge < -0.3 is 10.1 Å². The molecule has 2 rings (SSSR count). The number of hydrogen-bond acceptors (Lipinski definition) is 4. The first-order valence-corrected chi connectivity index (χ1v) is 8.65. The molecule has 0 radical (unpaired) electrons. The first-order chi connectivity index (χ1) is 9.84. The van der Waals surface area contributed by atoms with Crippen LogP contribution in [0.4, 0.5) is 5.69 Å². The van der Waals surface area contributed by atoms with E-state index in [-0.39, 0.29) is 4.90 Å². The van der Waals surface area contributed by atoms with Crippen molar-refractivity contribution in [2.24, 2.45) is 5.92 Å². The van der Waals surface area contributed by atoms with Gasteiger partial charge in [-0.05, 0) is 37.3 Å². The maximum atomic E-state index is 12.2. The van der Waals surface area contributed by atoms with Gasteiger partial charge in [0.2, 0.25) is 10.0 Å². The molecule has 0 amide bonds. The third kappa shape index (κ3) is 3.49. The van der Waals surface area contributed by atoms with Crippen molar-refractivity contribution in [1.82, 2.24) is 4.31 Å². The normalized spacial score (nSPS) is 22.5. The van der Waals surface area contributed by atoms with Crippen molar-refractivity contribution < 1.29 is 13.2 Å². The molecule has 0 unspecified atom stereocenters. The van der Waals surface area contributed by atoms with Gasteiger partial charge in [-0.2, -0.15) is 0 Å². The average molecular weight is 312 g/mol. The Balaban J connectivity index is 2.24. The number of sulfonamides is 1. The highest BCUT2D eigenvalue weighted by atomic mass is 32.2. The Morgan fingerprint density at radius 1 is 1.29 bits per heavy atom. The molecule has 2 atom stereocenters. The average Bonchev–Trinajstić information content (AvgIpc) is 2.83. The monoisotopic (exact) mass is 312 g/mol. The highest BCUT2D eigenvalue weighted by Gasteiger charge is 2.24. The quantitative estimate of drug-likeness (QED) is 0.908. The summed E-state index contributed by atoms with van der Waals surface area (Å²) >= 11 is 0. The van der Waals surface area contributed by atoms with Gasteiger partial charge in [0.05, 0.1) is 7.11 Å². The molecule has 1 N–H and O–H groups in total. The van der Waals surface area contributed by atoms with Crippen molar-refractivity contribution in [2.45, 2.75) is 37.1 Å². The van der Waals surface area contributed by atoms with Crippen molar-refractivity contribution >= 4 is 15.7 Å². The van der Waals surface area contributed by atoms with Crippen LogP contribution in [0.3, 0.4) is 0 Å². The second-order valence-electron chi connectivity index (χ2n) is 5.91. The summed E-state index contributed by atoms with van der Waals surface area (Å²) in [5, 5.41) is 3.47. The van der Waals surface area contributed by atoms with Crippen molar-refractivity contribution in [3.63, 3.8) is 0 Å². The smallest absolute Gasteiger partial charge is 0.246 e. The molecule has 1 aliphatic carbocycles. The van der Waals surface area contributed by atoms with Gasteiger partial charge in [-0.15, -0.1) is 0 Å². The minimum absolute atomic E-state index is 0.195.